The highest BCUT2D eigenvalue weighted by atomic mass is 35.5. The van der Waals surface area contributed by atoms with Gasteiger partial charge in [0.05, 0.1) is 5.52 Å². The largest absolute Gasteiger partial charge is 0.313 e. The molecule has 3 heterocycles. The van der Waals surface area contributed by atoms with Crippen molar-refractivity contribution < 1.29 is 0 Å². The average Bonchev–Trinajstić information content (AvgIpc) is 2.83. The van der Waals surface area contributed by atoms with Crippen molar-refractivity contribution in [3.05, 3.63) is 71.1 Å². The van der Waals surface area contributed by atoms with Gasteiger partial charge >= 0.3 is 0 Å². The van der Waals surface area contributed by atoms with E-state index in [0.717, 1.165) is 31.0 Å². The van der Waals surface area contributed by atoms with E-state index in [1.165, 1.54) is 38.6 Å². The highest BCUT2D eigenvalue weighted by Crippen LogP contribution is 2.34. The molecule has 0 spiro atoms. The maximum absolute atomic E-state index is 6.34. The minimum atomic E-state index is 0.805. The molecule has 0 unspecified atom stereocenters. The van der Waals surface area contributed by atoms with Crippen LogP contribution in [0.25, 0.3) is 27.4 Å². The summed E-state index contributed by atoms with van der Waals surface area (Å²) in [5.74, 6) is 0. The lowest BCUT2D eigenvalue weighted by molar-refractivity contribution is 0.351. The molecule has 130 valence electrons. The summed E-state index contributed by atoms with van der Waals surface area (Å²) < 4.78 is 2.43. The summed E-state index contributed by atoms with van der Waals surface area (Å²) in [7, 11) is 2.20. The van der Waals surface area contributed by atoms with Crippen molar-refractivity contribution >= 4 is 33.3 Å². The molecule has 3 nitrogen and oxygen atoms in total. The topological polar surface area (TPSA) is 21.1 Å². The number of hydrogen-bond donors (Lipinski definition) is 0. The van der Waals surface area contributed by atoms with E-state index in [-0.39, 0.29) is 0 Å². The maximum atomic E-state index is 6.34. The number of nitrogens with zero attached hydrogens (tertiary/aromatic N) is 3. The van der Waals surface area contributed by atoms with Crippen molar-refractivity contribution in [1.82, 2.24) is 14.5 Å². The van der Waals surface area contributed by atoms with E-state index < -0.39 is 0 Å². The number of likely N-dealkylation sites (N-methyl/N-ethyl adjacent to an activating group) is 1. The van der Waals surface area contributed by atoms with E-state index in [4.69, 9.17) is 11.6 Å². The minimum Gasteiger partial charge on any atom is -0.313 e. The first-order chi connectivity index (χ1) is 12.7. The Morgan fingerprint density at radius 3 is 2.77 bits per heavy atom. The van der Waals surface area contributed by atoms with Crippen LogP contribution in [0.5, 0.6) is 0 Å². The summed E-state index contributed by atoms with van der Waals surface area (Å²) in [6.07, 6.45) is 5.89. The predicted molar refractivity (Wildman–Crippen MR) is 108 cm³/mol. The van der Waals surface area contributed by atoms with E-state index in [1.54, 1.807) is 0 Å². The van der Waals surface area contributed by atoms with Gasteiger partial charge in [0.2, 0.25) is 0 Å². The van der Waals surface area contributed by atoms with Crippen LogP contribution in [0, 0.1) is 0 Å². The van der Waals surface area contributed by atoms with Crippen molar-refractivity contribution in [2.75, 3.05) is 20.1 Å². The molecule has 0 amide bonds. The van der Waals surface area contributed by atoms with Crippen LogP contribution in [-0.4, -0.2) is 34.6 Å². The van der Waals surface area contributed by atoms with Gasteiger partial charge < -0.3 is 9.47 Å². The second-order valence-corrected chi connectivity index (χ2v) is 7.57. The highest BCUT2D eigenvalue weighted by molar-refractivity contribution is 6.31. The molecule has 0 radical (unpaired) electrons. The molecule has 1 aliphatic rings. The Hall–Kier alpha value is -2.36. The molecule has 0 saturated carbocycles. The molecular formula is C22H20ClN3. The average molecular weight is 362 g/mol. The van der Waals surface area contributed by atoms with E-state index in [1.807, 2.05) is 18.5 Å². The SMILES string of the molecule is CN1CCc2c(n(-c3ccc4cnccc4c3)c3ccc(Cl)cc23)CC1. The maximum Gasteiger partial charge on any atom is 0.0535 e. The first-order valence-electron chi connectivity index (χ1n) is 9.05. The fourth-order valence-electron chi connectivity index (χ4n) is 4.14. The fraction of sp³-hybridized carbons (Fsp3) is 0.227. The Labute approximate surface area is 157 Å². The van der Waals surface area contributed by atoms with Crippen molar-refractivity contribution in [2.24, 2.45) is 0 Å². The Morgan fingerprint density at radius 1 is 0.962 bits per heavy atom. The third kappa shape index (κ3) is 2.51. The summed E-state index contributed by atoms with van der Waals surface area (Å²) in [6, 6.07) is 15.0. The van der Waals surface area contributed by atoms with Crippen molar-refractivity contribution in [3.63, 3.8) is 0 Å². The van der Waals surface area contributed by atoms with Gasteiger partial charge in [-0.25, -0.2) is 0 Å². The predicted octanol–water partition coefficient (Wildman–Crippen LogP) is 4.86. The third-order valence-electron chi connectivity index (χ3n) is 5.50. The van der Waals surface area contributed by atoms with Gasteiger partial charge in [-0.15, -0.1) is 0 Å². The molecule has 26 heavy (non-hydrogen) atoms. The summed E-state index contributed by atoms with van der Waals surface area (Å²) in [5.41, 5.74) is 5.32. The van der Waals surface area contributed by atoms with Crippen LogP contribution in [-0.2, 0) is 12.8 Å². The smallest absolute Gasteiger partial charge is 0.0535 e. The van der Waals surface area contributed by atoms with Gasteiger partial charge in [0, 0.05) is 59.1 Å². The fourth-order valence-corrected chi connectivity index (χ4v) is 4.31. The molecule has 4 aromatic rings. The van der Waals surface area contributed by atoms with Crippen LogP contribution in [0.1, 0.15) is 11.3 Å². The van der Waals surface area contributed by atoms with Crippen molar-refractivity contribution in [3.8, 4) is 5.69 Å². The molecule has 0 N–H and O–H groups in total. The number of hydrogen-bond acceptors (Lipinski definition) is 2. The van der Waals surface area contributed by atoms with Crippen molar-refractivity contribution in [1.29, 1.82) is 0 Å². The van der Waals surface area contributed by atoms with Crippen LogP contribution in [0.4, 0.5) is 0 Å². The molecule has 5 rings (SSSR count). The second-order valence-electron chi connectivity index (χ2n) is 7.13. The molecule has 2 aromatic carbocycles. The minimum absolute atomic E-state index is 0.805. The molecule has 0 fully saturated rings. The van der Waals surface area contributed by atoms with Crippen LogP contribution >= 0.6 is 11.6 Å². The zero-order chi connectivity index (χ0) is 17.7. The van der Waals surface area contributed by atoms with Crippen LogP contribution in [0.2, 0.25) is 5.02 Å². The van der Waals surface area contributed by atoms with Gasteiger partial charge in [0.15, 0.2) is 0 Å². The second kappa shape index (κ2) is 6.11. The lowest BCUT2D eigenvalue weighted by Crippen LogP contribution is -2.21. The van der Waals surface area contributed by atoms with Gasteiger partial charge in [-0.2, -0.15) is 0 Å². The lowest BCUT2D eigenvalue weighted by Gasteiger charge is -2.14. The Balaban J connectivity index is 1.81. The number of benzene rings is 2. The summed E-state index contributed by atoms with van der Waals surface area (Å²) in [4.78, 5) is 6.64. The highest BCUT2D eigenvalue weighted by Gasteiger charge is 2.21. The van der Waals surface area contributed by atoms with Crippen LogP contribution in [0.15, 0.2) is 54.9 Å². The molecule has 0 atom stereocenters. The molecule has 0 bridgehead atoms. The molecular weight excluding hydrogens is 342 g/mol. The number of aromatic nitrogens is 2. The Morgan fingerprint density at radius 2 is 1.85 bits per heavy atom. The number of fused-ring (bicyclic) bond motifs is 4. The zero-order valence-electron chi connectivity index (χ0n) is 14.7. The Kier molecular flexibility index (Phi) is 3.73. The van der Waals surface area contributed by atoms with Crippen LogP contribution < -0.4 is 0 Å². The van der Waals surface area contributed by atoms with Gasteiger partial charge in [-0.1, -0.05) is 17.7 Å². The van der Waals surface area contributed by atoms with Crippen molar-refractivity contribution in [2.45, 2.75) is 12.8 Å². The van der Waals surface area contributed by atoms with E-state index >= 15 is 0 Å². The molecule has 0 saturated heterocycles. The molecule has 1 aliphatic heterocycles. The van der Waals surface area contributed by atoms with Gasteiger partial charge in [0.1, 0.15) is 0 Å². The van der Waals surface area contributed by atoms with E-state index in [2.05, 4.69) is 57.9 Å². The van der Waals surface area contributed by atoms with Gasteiger partial charge in [0.25, 0.3) is 0 Å². The normalized spacial score (nSPS) is 15.3. The van der Waals surface area contributed by atoms with E-state index in [0.29, 0.717) is 0 Å². The number of halogens is 1. The number of rotatable bonds is 1. The lowest BCUT2D eigenvalue weighted by atomic mass is 10.1. The molecule has 0 aliphatic carbocycles. The summed E-state index contributed by atoms with van der Waals surface area (Å²) >= 11 is 6.34. The standard InChI is InChI=1S/C22H20ClN3/c1-25-10-7-19-20-13-17(23)3-5-21(20)26(22(19)8-11-25)18-4-2-16-14-24-9-6-15(16)12-18/h2-6,9,12-14H,7-8,10-11H2,1H3. The number of pyridine rings is 1. The molecule has 2 aromatic heterocycles. The molecule has 4 heteroatoms. The summed E-state index contributed by atoms with van der Waals surface area (Å²) in [6.45, 7) is 2.16. The Bertz CT molecular complexity index is 1130. The quantitative estimate of drug-likeness (QED) is 0.482. The summed E-state index contributed by atoms with van der Waals surface area (Å²) in [5, 5.41) is 4.48. The first kappa shape index (κ1) is 15.9. The van der Waals surface area contributed by atoms with E-state index in [9.17, 15) is 0 Å². The zero-order valence-corrected chi connectivity index (χ0v) is 15.5. The first-order valence-corrected chi connectivity index (χ1v) is 9.43. The third-order valence-corrected chi connectivity index (χ3v) is 5.73. The monoisotopic (exact) mass is 361 g/mol. The van der Waals surface area contributed by atoms with Gasteiger partial charge in [-0.05, 0) is 60.8 Å². The van der Waals surface area contributed by atoms with Gasteiger partial charge in [-0.3, -0.25) is 4.98 Å². The van der Waals surface area contributed by atoms with Crippen LogP contribution in [0.3, 0.4) is 0 Å².